The maximum atomic E-state index is 12.3. The second kappa shape index (κ2) is 7.40. The molecule has 0 spiro atoms. The molecule has 0 saturated carbocycles. The van der Waals surface area contributed by atoms with Gasteiger partial charge in [0.1, 0.15) is 5.69 Å². The zero-order chi connectivity index (χ0) is 17.9. The lowest BCUT2D eigenvalue weighted by Gasteiger charge is -2.34. The van der Waals surface area contributed by atoms with Crippen LogP contribution in [0, 0.1) is 6.92 Å². The van der Waals surface area contributed by atoms with E-state index < -0.39 is 0 Å². The Balaban J connectivity index is 1.39. The van der Waals surface area contributed by atoms with Crippen molar-refractivity contribution in [2.45, 2.75) is 20.0 Å². The molecule has 1 saturated heterocycles. The molecule has 1 fully saturated rings. The van der Waals surface area contributed by atoms with Crippen LogP contribution in [0.5, 0.6) is 0 Å². The molecule has 2 heterocycles. The van der Waals surface area contributed by atoms with Crippen molar-refractivity contribution >= 4 is 11.0 Å². The van der Waals surface area contributed by atoms with Crippen molar-refractivity contribution in [1.82, 2.24) is 19.8 Å². The van der Waals surface area contributed by atoms with Gasteiger partial charge in [-0.1, -0.05) is 36.4 Å². The number of fused-ring (bicyclic) bond motifs is 1. The van der Waals surface area contributed by atoms with E-state index in [0.717, 1.165) is 43.8 Å². The molecule has 1 aromatic heterocycles. The monoisotopic (exact) mass is 348 g/mol. The van der Waals surface area contributed by atoms with Gasteiger partial charge in [0.25, 0.3) is 5.56 Å². The van der Waals surface area contributed by atoms with Crippen LogP contribution in [0.4, 0.5) is 0 Å². The molecular weight excluding hydrogens is 324 g/mol. The number of piperazine rings is 1. The highest BCUT2D eigenvalue weighted by molar-refractivity contribution is 5.73. The van der Waals surface area contributed by atoms with E-state index in [4.69, 9.17) is 0 Å². The van der Waals surface area contributed by atoms with Gasteiger partial charge < -0.3 is 4.98 Å². The number of rotatable bonds is 4. The van der Waals surface area contributed by atoms with E-state index in [1.54, 1.807) is 0 Å². The summed E-state index contributed by atoms with van der Waals surface area (Å²) in [7, 11) is 0. The lowest BCUT2D eigenvalue weighted by atomic mass is 10.1. The molecule has 1 aliphatic heterocycles. The number of hydrogen-bond donors (Lipinski definition) is 1. The number of nitrogens with zero attached hydrogens (tertiary/aromatic N) is 3. The zero-order valence-electron chi connectivity index (χ0n) is 15.1. The Kier molecular flexibility index (Phi) is 4.82. The predicted octanol–water partition coefficient (Wildman–Crippen LogP) is 2.55. The van der Waals surface area contributed by atoms with Crippen molar-refractivity contribution in [3.8, 4) is 0 Å². The number of benzene rings is 2. The molecule has 1 N–H and O–H groups in total. The smallest absolute Gasteiger partial charge is 0.271 e. The average Bonchev–Trinajstić information content (AvgIpc) is 2.66. The first-order valence-corrected chi connectivity index (χ1v) is 9.16. The van der Waals surface area contributed by atoms with E-state index >= 15 is 0 Å². The fraction of sp³-hybridized carbons (Fsp3) is 0.333. The third kappa shape index (κ3) is 3.69. The Bertz CT molecular complexity index is 957. The minimum atomic E-state index is -0.0777. The first-order valence-electron chi connectivity index (χ1n) is 9.16. The van der Waals surface area contributed by atoms with Gasteiger partial charge in [0.05, 0.1) is 11.0 Å². The SMILES string of the molecule is Cc1ccccc1CN1CCN(Cc2nc3ccccc3[nH]c2=O)CC1. The van der Waals surface area contributed by atoms with Crippen molar-refractivity contribution in [3.05, 3.63) is 75.7 Å². The minimum absolute atomic E-state index is 0.0777. The van der Waals surface area contributed by atoms with Crippen LogP contribution in [0.25, 0.3) is 11.0 Å². The summed E-state index contributed by atoms with van der Waals surface area (Å²) in [4.78, 5) is 24.6. The molecule has 5 nitrogen and oxygen atoms in total. The van der Waals surface area contributed by atoms with Crippen LogP contribution in [0.3, 0.4) is 0 Å². The van der Waals surface area contributed by atoms with Gasteiger partial charge in [-0.15, -0.1) is 0 Å². The lowest BCUT2D eigenvalue weighted by molar-refractivity contribution is 0.120. The van der Waals surface area contributed by atoms with Crippen molar-refractivity contribution in [3.63, 3.8) is 0 Å². The second-order valence-corrected chi connectivity index (χ2v) is 7.01. The Morgan fingerprint density at radius 2 is 1.58 bits per heavy atom. The Hall–Kier alpha value is -2.50. The normalized spacial score (nSPS) is 16.2. The van der Waals surface area contributed by atoms with Crippen LogP contribution in [0.15, 0.2) is 53.3 Å². The number of H-pyrrole nitrogens is 1. The third-order valence-corrected chi connectivity index (χ3v) is 5.16. The molecule has 0 atom stereocenters. The number of aryl methyl sites for hydroxylation is 1. The van der Waals surface area contributed by atoms with Gasteiger partial charge in [0.2, 0.25) is 0 Å². The molecular formula is C21H24N4O. The Morgan fingerprint density at radius 3 is 2.35 bits per heavy atom. The van der Waals surface area contributed by atoms with Crippen LogP contribution in [0.1, 0.15) is 16.8 Å². The number of nitrogens with one attached hydrogen (secondary N) is 1. The first-order chi connectivity index (χ1) is 12.7. The summed E-state index contributed by atoms with van der Waals surface area (Å²) in [6.07, 6.45) is 0. The minimum Gasteiger partial charge on any atom is -0.319 e. The summed E-state index contributed by atoms with van der Waals surface area (Å²) in [5, 5.41) is 0. The predicted molar refractivity (Wildman–Crippen MR) is 104 cm³/mol. The molecule has 1 aliphatic rings. The van der Waals surface area contributed by atoms with Crippen molar-refractivity contribution in [2.24, 2.45) is 0 Å². The van der Waals surface area contributed by atoms with Crippen LogP contribution >= 0.6 is 0 Å². The van der Waals surface area contributed by atoms with Gasteiger partial charge >= 0.3 is 0 Å². The topological polar surface area (TPSA) is 52.2 Å². The molecule has 0 aliphatic carbocycles. The highest BCUT2D eigenvalue weighted by Gasteiger charge is 2.19. The van der Waals surface area contributed by atoms with E-state index in [0.29, 0.717) is 12.2 Å². The molecule has 134 valence electrons. The Labute approximate surface area is 153 Å². The highest BCUT2D eigenvalue weighted by atomic mass is 16.1. The van der Waals surface area contributed by atoms with Crippen LogP contribution < -0.4 is 5.56 Å². The fourth-order valence-electron chi connectivity index (χ4n) is 3.52. The van der Waals surface area contributed by atoms with Gasteiger partial charge in [-0.3, -0.25) is 14.6 Å². The highest BCUT2D eigenvalue weighted by Crippen LogP contribution is 2.13. The molecule has 3 aromatic rings. The largest absolute Gasteiger partial charge is 0.319 e. The number of hydrogen-bond acceptors (Lipinski definition) is 4. The maximum Gasteiger partial charge on any atom is 0.271 e. The average molecular weight is 348 g/mol. The fourth-order valence-corrected chi connectivity index (χ4v) is 3.52. The van der Waals surface area contributed by atoms with Crippen molar-refractivity contribution in [1.29, 1.82) is 0 Å². The first kappa shape index (κ1) is 16.9. The van der Waals surface area contributed by atoms with Gasteiger partial charge in [-0.05, 0) is 30.2 Å². The number of aromatic amines is 1. The summed E-state index contributed by atoms with van der Waals surface area (Å²) >= 11 is 0. The molecule has 0 amide bonds. The Morgan fingerprint density at radius 1 is 0.923 bits per heavy atom. The maximum absolute atomic E-state index is 12.3. The van der Waals surface area contributed by atoms with E-state index in [1.807, 2.05) is 24.3 Å². The van der Waals surface area contributed by atoms with Gasteiger partial charge in [-0.2, -0.15) is 0 Å². The van der Waals surface area contributed by atoms with E-state index in [2.05, 4.69) is 51.0 Å². The molecule has 5 heteroatoms. The van der Waals surface area contributed by atoms with Gasteiger partial charge in [-0.25, -0.2) is 4.98 Å². The lowest BCUT2D eigenvalue weighted by Crippen LogP contribution is -2.46. The molecule has 0 unspecified atom stereocenters. The summed E-state index contributed by atoms with van der Waals surface area (Å²) in [6.45, 7) is 7.72. The zero-order valence-corrected chi connectivity index (χ0v) is 15.1. The van der Waals surface area contributed by atoms with Crippen LogP contribution in [-0.2, 0) is 13.1 Å². The van der Waals surface area contributed by atoms with E-state index in [9.17, 15) is 4.79 Å². The van der Waals surface area contributed by atoms with Gasteiger partial charge in [0.15, 0.2) is 0 Å². The second-order valence-electron chi connectivity index (χ2n) is 7.01. The summed E-state index contributed by atoms with van der Waals surface area (Å²) in [6, 6.07) is 16.3. The van der Waals surface area contributed by atoms with Crippen LogP contribution in [-0.4, -0.2) is 45.9 Å². The summed E-state index contributed by atoms with van der Waals surface area (Å²) in [5.74, 6) is 0. The molecule has 0 radical (unpaired) electrons. The van der Waals surface area contributed by atoms with Crippen LogP contribution in [0.2, 0.25) is 0 Å². The summed E-state index contributed by atoms with van der Waals surface area (Å²) in [5.41, 5.74) is 4.92. The molecule has 0 bridgehead atoms. The molecule has 2 aromatic carbocycles. The standard InChI is InChI=1S/C21H24N4O/c1-16-6-2-3-7-17(16)14-24-10-12-25(13-11-24)15-20-21(26)23-19-9-5-4-8-18(19)22-20/h2-9H,10-15H2,1H3,(H,23,26). The molecule has 4 rings (SSSR count). The van der Waals surface area contributed by atoms with E-state index in [1.165, 1.54) is 11.1 Å². The number of para-hydroxylation sites is 2. The number of aromatic nitrogens is 2. The van der Waals surface area contributed by atoms with E-state index in [-0.39, 0.29) is 5.56 Å². The van der Waals surface area contributed by atoms with Gasteiger partial charge in [0, 0.05) is 39.3 Å². The quantitative estimate of drug-likeness (QED) is 0.787. The summed E-state index contributed by atoms with van der Waals surface area (Å²) < 4.78 is 0. The molecule has 26 heavy (non-hydrogen) atoms. The van der Waals surface area contributed by atoms with Crippen molar-refractivity contribution < 1.29 is 0 Å². The third-order valence-electron chi connectivity index (χ3n) is 5.16. The van der Waals surface area contributed by atoms with Crippen molar-refractivity contribution in [2.75, 3.05) is 26.2 Å².